The predicted octanol–water partition coefficient (Wildman–Crippen LogP) is 1.63. The van der Waals surface area contributed by atoms with E-state index in [1.807, 2.05) is 4.90 Å². The molecule has 2 fully saturated rings. The number of ketones is 1. The van der Waals surface area contributed by atoms with Crippen molar-refractivity contribution in [2.24, 2.45) is 18.9 Å². The lowest BCUT2D eigenvalue weighted by molar-refractivity contribution is -0.120. The molecule has 4 aromatic rings. The number of Topliss-reactive ketones (excluding diaryl/α,β-unsaturated/α-hetero) is 1. The molecule has 1 N–H and O–H groups in total. The highest BCUT2D eigenvalue weighted by Gasteiger charge is 2.71. The number of anilines is 2. The van der Waals surface area contributed by atoms with Gasteiger partial charge in [0.2, 0.25) is 5.91 Å². The zero-order chi connectivity index (χ0) is 29.9. The van der Waals surface area contributed by atoms with Crippen molar-refractivity contribution in [3.63, 3.8) is 0 Å². The Hall–Kier alpha value is -4.82. The fourth-order valence-corrected chi connectivity index (χ4v) is 5.35. The average molecular weight is 580 g/mol. The summed E-state index contributed by atoms with van der Waals surface area (Å²) in [5, 5.41) is 2.69. The SMILES string of the molecule is CCC(=O)Cn1c(=O)c2c(ncn2[C@@H](C)C(=O)Nc2cncc(-c3ccc(N4CC5[C@H](C4)C5(F)F)nc3)n2)n(C)c1=O. The van der Waals surface area contributed by atoms with Gasteiger partial charge < -0.3 is 14.8 Å². The zero-order valence-electron chi connectivity index (χ0n) is 23.0. The van der Waals surface area contributed by atoms with Crippen LogP contribution in [0.4, 0.5) is 20.4 Å². The van der Waals surface area contributed by atoms with Crippen LogP contribution in [-0.2, 0) is 23.2 Å². The van der Waals surface area contributed by atoms with Crippen molar-refractivity contribution < 1.29 is 18.4 Å². The fraction of sp³-hybridized carbons (Fsp3) is 0.407. The van der Waals surface area contributed by atoms with Gasteiger partial charge in [0.05, 0.1) is 42.8 Å². The smallest absolute Gasteiger partial charge is 0.332 e. The van der Waals surface area contributed by atoms with Gasteiger partial charge in [-0.05, 0) is 19.1 Å². The molecule has 0 spiro atoms. The number of fused-ring (bicyclic) bond motifs is 2. The molecule has 0 aromatic carbocycles. The summed E-state index contributed by atoms with van der Waals surface area (Å²) in [7, 11) is 1.44. The summed E-state index contributed by atoms with van der Waals surface area (Å²) in [4.78, 5) is 70.1. The number of pyridine rings is 1. The van der Waals surface area contributed by atoms with Gasteiger partial charge in [-0.2, -0.15) is 0 Å². The highest BCUT2D eigenvalue weighted by atomic mass is 19.3. The number of hydrogen-bond acceptors (Lipinski definition) is 9. The predicted molar refractivity (Wildman–Crippen MR) is 147 cm³/mol. The normalized spacial score (nSPS) is 19.5. The van der Waals surface area contributed by atoms with E-state index in [9.17, 15) is 28.0 Å². The molecule has 1 saturated carbocycles. The number of aryl methyl sites for hydroxylation is 1. The summed E-state index contributed by atoms with van der Waals surface area (Å²) in [6.45, 7) is 3.36. The molecule has 5 heterocycles. The molecule has 0 radical (unpaired) electrons. The van der Waals surface area contributed by atoms with E-state index >= 15 is 0 Å². The minimum absolute atomic E-state index is 0.00803. The summed E-state index contributed by atoms with van der Waals surface area (Å²) in [6.07, 6.45) is 5.90. The lowest BCUT2D eigenvalue weighted by Crippen LogP contribution is -2.41. The Morgan fingerprint density at radius 3 is 2.52 bits per heavy atom. The number of carbonyl (C=O) groups excluding carboxylic acids is 2. The number of imidazole rings is 1. The van der Waals surface area contributed by atoms with Gasteiger partial charge in [-0.3, -0.25) is 28.5 Å². The topological polar surface area (TPSA) is 150 Å². The second kappa shape index (κ2) is 9.92. The molecule has 0 bridgehead atoms. The third kappa shape index (κ3) is 4.44. The van der Waals surface area contributed by atoms with Crippen LogP contribution in [0.25, 0.3) is 22.4 Å². The summed E-state index contributed by atoms with van der Waals surface area (Å²) >= 11 is 0. The number of nitrogens with zero attached hydrogens (tertiary/aromatic N) is 8. The van der Waals surface area contributed by atoms with Crippen LogP contribution in [0.15, 0.2) is 46.6 Å². The first-order valence-electron chi connectivity index (χ1n) is 13.4. The summed E-state index contributed by atoms with van der Waals surface area (Å²) in [5.74, 6) is -3.83. The van der Waals surface area contributed by atoms with E-state index in [4.69, 9.17) is 0 Å². The second-order valence-corrected chi connectivity index (χ2v) is 10.6. The maximum atomic E-state index is 13.5. The van der Waals surface area contributed by atoms with Crippen molar-refractivity contribution >= 4 is 34.5 Å². The molecule has 2 aliphatic rings. The van der Waals surface area contributed by atoms with Gasteiger partial charge in [0, 0.05) is 38.3 Å². The van der Waals surface area contributed by atoms with Crippen LogP contribution in [0.1, 0.15) is 26.3 Å². The number of carbonyl (C=O) groups is 2. The number of alkyl halides is 2. The van der Waals surface area contributed by atoms with Crippen molar-refractivity contribution in [1.29, 1.82) is 0 Å². The van der Waals surface area contributed by atoms with Gasteiger partial charge in [-0.1, -0.05) is 6.92 Å². The molecule has 4 aromatic heterocycles. The van der Waals surface area contributed by atoms with Gasteiger partial charge >= 0.3 is 5.69 Å². The zero-order valence-corrected chi connectivity index (χ0v) is 23.0. The first kappa shape index (κ1) is 27.4. The van der Waals surface area contributed by atoms with Gasteiger partial charge in [0.25, 0.3) is 11.5 Å². The Balaban J connectivity index is 1.20. The molecule has 13 nitrogen and oxygen atoms in total. The molecule has 1 amide bonds. The number of aromatic nitrogens is 7. The van der Waals surface area contributed by atoms with E-state index in [2.05, 4.69) is 25.3 Å². The highest BCUT2D eigenvalue weighted by Crippen LogP contribution is 2.59. The number of piperidine rings is 1. The van der Waals surface area contributed by atoms with Crippen molar-refractivity contribution in [3.05, 3.63) is 57.9 Å². The maximum absolute atomic E-state index is 13.5. The Kier molecular flexibility index (Phi) is 6.46. The molecule has 1 aliphatic heterocycles. The van der Waals surface area contributed by atoms with Gasteiger partial charge in [0.1, 0.15) is 11.9 Å². The second-order valence-electron chi connectivity index (χ2n) is 10.6. The maximum Gasteiger partial charge on any atom is 0.332 e. The van der Waals surface area contributed by atoms with Crippen molar-refractivity contribution in [1.82, 2.24) is 33.6 Å². The molecule has 1 aliphatic carbocycles. The molecule has 1 saturated heterocycles. The number of amides is 1. The van der Waals surface area contributed by atoms with Crippen LogP contribution in [0.5, 0.6) is 0 Å². The number of nitrogens with one attached hydrogen (secondary N) is 1. The molecular weight excluding hydrogens is 552 g/mol. The standard InChI is InChI=1S/C27H27F2N9O4/c1-4-16(39)10-37-25(41)22-23(35(3)26(37)42)32-13-38(22)14(2)24(40)34-20-9-30-8-19(33-20)15-5-6-21(31-7-15)36-11-17-18(12-36)27(17,28)29/h5-9,13-14,17-18H,4,10-12H2,1-3H3,(H,33,34,40)/t14-,17-,18?/m0/s1. The largest absolute Gasteiger partial charge is 0.356 e. The Morgan fingerprint density at radius 1 is 1.12 bits per heavy atom. The fourth-order valence-electron chi connectivity index (χ4n) is 5.35. The monoisotopic (exact) mass is 579 g/mol. The van der Waals surface area contributed by atoms with Gasteiger partial charge in [-0.25, -0.2) is 28.5 Å². The molecular formula is C27H27F2N9O4. The lowest BCUT2D eigenvalue weighted by Gasteiger charge is -2.20. The lowest BCUT2D eigenvalue weighted by atomic mass is 10.2. The van der Waals surface area contributed by atoms with Crippen molar-refractivity contribution in [2.75, 3.05) is 23.3 Å². The van der Waals surface area contributed by atoms with Gasteiger partial charge in [-0.15, -0.1) is 0 Å². The molecule has 3 atom stereocenters. The number of halogens is 2. The van der Waals surface area contributed by atoms with E-state index in [1.165, 1.54) is 30.3 Å². The van der Waals surface area contributed by atoms with E-state index in [0.717, 1.165) is 9.13 Å². The van der Waals surface area contributed by atoms with Crippen molar-refractivity contribution in [3.8, 4) is 11.3 Å². The van der Waals surface area contributed by atoms with Crippen LogP contribution < -0.4 is 21.5 Å². The first-order valence-corrected chi connectivity index (χ1v) is 13.4. The van der Waals surface area contributed by atoms with Crippen LogP contribution in [0, 0.1) is 11.8 Å². The van der Waals surface area contributed by atoms with Crippen LogP contribution in [-0.4, -0.2) is 64.3 Å². The van der Waals surface area contributed by atoms with E-state index in [1.54, 1.807) is 32.2 Å². The van der Waals surface area contributed by atoms with Crippen LogP contribution in [0.3, 0.4) is 0 Å². The molecule has 15 heteroatoms. The average Bonchev–Trinajstić information content (AvgIpc) is 3.41. The summed E-state index contributed by atoms with van der Waals surface area (Å²) < 4.78 is 30.4. The number of rotatable bonds is 8. The first-order chi connectivity index (χ1) is 20.0. The Bertz CT molecular complexity index is 1830. The third-order valence-electron chi connectivity index (χ3n) is 8.04. The minimum atomic E-state index is -2.56. The number of hydrogen-bond donors (Lipinski definition) is 1. The molecule has 1 unspecified atom stereocenters. The van der Waals surface area contributed by atoms with Crippen LogP contribution >= 0.6 is 0 Å². The summed E-state index contributed by atoms with van der Waals surface area (Å²) in [5.41, 5.74) is -0.249. The van der Waals surface area contributed by atoms with Crippen LogP contribution in [0.2, 0.25) is 0 Å². The Morgan fingerprint density at radius 2 is 1.86 bits per heavy atom. The van der Waals surface area contributed by atoms with E-state index in [-0.39, 0.29) is 48.8 Å². The van der Waals surface area contributed by atoms with E-state index in [0.29, 0.717) is 17.1 Å². The van der Waals surface area contributed by atoms with Gasteiger partial charge in [0.15, 0.2) is 22.8 Å². The molecule has 6 rings (SSSR count). The van der Waals surface area contributed by atoms with E-state index < -0.39 is 41.0 Å². The quantitative estimate of drug-likeness (QED) is 0.329. The Labute approximate surface area is 236 Å². The molecule has 218 valence electrons. The third-order valence-corrected chi connectivity index (χ3v) is 8.04. The summed E-state index contributed by atoms with van der Waals surface area (Å²) in [6, 6.07) is 2.56. The van der Waals surface area contributed by atoms with Crippen molar-refractivity contribution in [2.45, 2.75) is 38.8 Å². The molecule has 42 heavy (non-hydrogen) atoms. The highest BCUT2D eigenvalue weighted by molar-refractivity contribution is 5.93. The minimum Gasteiger partial charge on any atom is -0.356 e.